The number of ether oxygens (including phenoxy) is 1. The molecule has 31 heavy (non-hydrogen) atoms. The third kappa shape index (κ3) is 3.57. The fourth-order valence-corrected chi connectivity index (χ4v) is 4.18. The highest BCUT2D eigenvalue weighted by Crippen LogP contribution is 2.26. The number of aromatic nitrogens is 3. The minimum absolute atomic E-state index is 0.0703. The molecule has 0 aliphatic carbocycles. The second-order valence-electron chi connectivity index (χ2n) is 7.46. The molecule has 5 aromatic rings. The minimum atomic E-state index is -0.0703. The quantitative estimate of drug-likeness (QED) is 0.390. The Balaban J connectivity index is 1.66. The number of benzene rings is 3. The standard InChI is InChI=1S/C25H20ClN3O2/c1-31-20-11-9-17(10-12-20)14-28-16-27-23-21-7-2-3-8-22(21)29(24(23)25(28)30)15-18-5-4-6-19(26)13-18/h2-13,16H,14-15H2,1H3. The first-order chi connectivity index (χ1) is 15.1. The lowest BCUT2D eigenvalue weighted by molar-refractivity contribution is 0.414. The van der Waals surface area contributed by atoms with Crippen molar-refractivity contribution in [2.45, 2.75) is 13.1 Å². The van der Waals surface area contributed by atoms with Gasteiger partial charge in [-0.05, 0) is 41.5 Å². The zero-order valence-corrected chi connectivity index (χ0v) is 17.7. The molecule has 0 saturated heterocycles. The maximum Gasteiger partial charge on any atom is 0.278 e. The van der Waals surface area contributed by atoms with Crippen LogP contribution >= 0.6 is 11.6 Å². The van der Waals surface area contributed by atoms with Gasteiger partial charge in [0.15, 0.2) is 0 Å². The summed E-state index contributed by atoms with van der Waals surface area (Å²) in [7, 11) is 1.64. The van der Waals surface area contributed by atoms with Crippen LogP contribution in [0.5, 0.6) is 5.75 Å². The highest BCUT2D eigenvalue weighted by molar-refractivity contribution is 6.30. The predicted molar refractivity (Wildman–Crippen MR) is 124 cm³/mol. The zero-order valence-electron chi connectivity index (χ0n) is 17.0. The van der Waals surface area contributed by atoms with E-state index >= 15 is 0 Å². The van der Waals surface area contributed by atoms with Gasteiger partial charge in [-0.2, -0.15) is 0 Å². The molecule has 0 aliphatic heterocycles. The van der Waals surface area contributed by atoms with Gasteiger partial charge < -0.3 is 9.30 Å². The lowest BCUT2D eigenvalue weighted by Crippen LogP contribution is -2.23. The number of halogens is 1. The molecular formula is C25H20ClN3O2. The first-order valence-electron chi connectivity index (χ1n) is 9.98. The van der Waals surface area contributed by atoms with E-state index in [-0.39, 0.29) is 5.56 Å². The first-order valence-corrected chi connectivity index (χ1v) is 10.4. The predicted octanol–water partition coefficient (Wildman–Crippen LogP) is 5.11. The minimum Gasteiger partial charge on any atom is -0.497 e. The number of rotatable bonds is 5. The van der Waals surface area contributed by atoms with Crippen molar-refractivity contribution in [1.29, 1.82) is 0 Å². The monoisotopic (exact) mass is 429 g/mol. The van der Waals surface area contributed by atoms with Crippen LogP contribution in [0.3, 0.4) is 0 Å². The number of methoxy groups -OCH3 is 1. The van der Waals surface area contributed by atoms with Crippen LogP contribution in [0, 0.1) is 0 Å². The van der Waals surface area contributed by atoms with Crippen LogP contribution in [0.2, 0.25) is 5.02 Å². The Morgan fingerprint density at radius 3 is 2.52 bits per heavy atom. The molecule has 3 aromatic carbocycles. The molecule has 0 radical (unpaired) electrons. The van der Waals surface area contributed by atoms with Crippen LogP contribution in [0.15, 0.2) is 83.9 Å². The summed E-state index contributed by atoms with van der Waals surface area (Å²) in [6, 6.07) is 23.4. The average Bonchev–Trinajstić information content (AvgIpc) is 3.10. The van der Waals surface area contributed by atoms with E-state index in [1.165, 1.54) is 0 Å². The molecule has 0 saturated carbocycles. The topological polar surface area (TPSA) is 49.0 Å². The molecule has 0 amide bonds. The summed E-state index contributed by atoms with van der Waals surface area (Å²) >= 11 is 6.19. The molecule has 0 fully saturated rings. The van der Waals surface area contributed by atoms with Crippen LogP contribution < -0.4 is 10.3 Å². The Morgan fingerprint density at radius 1 is 0.935 bits per heavy atom. The zero-order chi connectivity index (χ0) is 21.4. The van der Waals surface area contributed by atoms with Crippen molar-refractivity contribution in [2.75, 3.05) is 7.11 Å². The summed E-state index contributed by atoms with van der Waals surface area (Å²) < 4.78 is 8.91. The molecule has 2 aromatic heterocycles. The fourth-order valence-electron chi connectivity index (χ4n) is 3.97. The van der Waals surface area contributed by atoms with Crippen molar-refractivity contribution in [1.82, 2.24) is 14.1 Å². The smallest absolute Gasteiger partial charge is 0.278 e. The van der Waals surface area contributed by atoms with Crippen molar-refractivity contribution in [3.8, 4) is 5.75 Å². The van der Waals surface area contributed by atoms with Crippen molar-refractivity contribution >= 4 is 33.5 Å². The van der Waals surface area contributed by atoms with Crippen molar-refractivity contribution in [3.63, 3.8) is 0 Å². The molecule has 2 heterocycles. The average molecular weight is 430 g/mol. The van der Waals surface area contributed by atoms with Crippen molar-refractivity contribution in [3.05, 3.63) is 106 Å². The van der Waals surface area contributed by atoms with Gasteiger partial charge in [0.05, 0.1) is 25.5 Å². The third-order valence-electron chi connectivity index (χ3n) is 5.48. The van der Waals surface area contributed by atoms with E-state index in [1.807, 2.05) is 77.4 Å². The number of hydrogen-bond donors (Lipinski definition) is 0. The Bertz CT molecular complexity index is 1450. The van der Waals surface area contributed by atoms with Crippen LogP contribution in [0.1, 0.15) is 11.1 Å². The SMILES string of the molecule is COc1ccc(Cn2cnc3c4ccccc4n(Cc4cccc(Cl)c4)c3c2=O)cc1. The normalized spacial score (nSPS) is 11.3. The van der Waals surface area contributed by atoms with Crippen LogP contribution in [0.25, 0.3) is 21.9 Å². The third-order valence-corrected chi connectivity index (χ3v) is 5.71. The van der Waals surface area contributed by atoms with Crippen LogP contribution in [0.4, 0.5) is 0 Å². The fraction of sp³-hybridized carbons (Fsp3) is 0.120. The second-order valence-corrected chi connectivity index (χ2v) is 7.89. The largest absolute Gasteiger partial charge is 0.497 e. The van der Waals surface area contributed by atoms with E-state index in [0.717, 1.165) is 27.8 Å². The molecule has 0 unspecified atom stereocenters. The second kappa shape index (κ2) is 7.93. The van der Waals surface area contributed by atoms with Crippen LogP contribution in [-0.2, 0) is 13.1 Å². The van der Waals surface area contributed by atoms with Gasteiger partial charge in [0, 0.05) is 17.0 Å². The van der Waals surface area contributed by atoms with Gasteiger partial charge in [0.25, 0.3) is 5.56 Å². The van der Waals surface area contributed by atoms with Gasteiger partial charge in [-0.1, -0.05) is 54.1 Å². The van der Waals surface area contributed by atoms with E-state index in [0.29, 0.717) is 29.1 Å². The molecular weight excluding hydrogens is 410 g/mol. The van der Waals surface area contributed by atoms with E-state index < -0.39 is 0 Å². The lowest BCUT2D eigenvalue weighted by atomic mass is 10.2. The maximum absolute atomic E-state index is 13.6. The number of nitrogens with zero attached hydrogens (tertiary/aromatic N) is 3. The number of hydrogen-bond acceptors (Lipinski definition) is 3. The van der Waals surface area contributed by atoms with E-state index in [2.05, 4.69) is 4.98 Å². The Morgan fingerprint density at radius 2 is 1.74 bits per heavy atom. The molecule has 154 valence electrons. The summed E-state index contributed by atoms with van der Waals surface area (Å²) in [5, 5.41) is 1.64. The number of fused-ring (bicyclic) bond motifs is 3. The summed E-state index contributed by atoms with van der Waals surface area (Å²) in [6.45, 7) is 0.971. The van der Waals surface area contributed by atoms with Gasteiger partial charge in [-0.15, -0.1) is 0 Å². The highest BCUT2D eigenvalue weighted by Gasteiger charge is 2.16. The maximum atomic E-state index is 13.6. The molecule has 0 N–H and O–H groups in total. The molecule has 5 nitrogen and oxygen atoms in total. The lowest BCUT2D eigenvalue weighted by Gasteiger charge is -2.10. The van der Waals surface area contributed by atoms with E-state index in [9.17, 15) is 4.79 Å². The van der Waals surface area contributed by atoms with Crippen molar-refractivity contribution in [2.24, 2.45) is 0 Å². The van der Waals surface area contributed by atoms with Gasteiger partial charge in [-0.3, -0.25) is 9.36 Å². The summed E-state index contributed by atoms with van der Waals surface area (Å²) in [4.78, 5) is 18.2. The number of para-hydroxylation sites is 1. The Kier molecular flexibility index (Phi) is 4.96. The van der Waals surface area contributed by atoms with Crippen LogP contribution in [-0.4, -0.2) is 21.2 Å². The van der Waals surface area contributed by atoms with E-state index in [4.69, 9.17) is 16.3 Å². The highest BCUT2D eigenvalue weighted by atomic mass is 35.5. The summed E-state index contributed by atoms with van der Waals surface area (Å²) in [5.41, 5.74) is 4.25. The Labute approximate surface area is 184 Å². The van der Waals surface area contributed by atoms with Gasteiger partial charge in [-0.25, -0.2) is 4.98 Å². The van der Waals surface area contributed by atoms with Gasteiger partial charge in [0.2, 0.25) is 0 Å². The van der Waals surface area contributed by atoms with Gasteiger partial charge in [0.1, 0.15) is 16.8 Å². The van der Waals surface area contributed by atoms with Crippen molar-refractivity contribution < 1.29 is 4.74 Å². The van der Waals surface area contributed by atoms with Gasteiger partial charge >= 0.3 is 0 Å². The molecule has 6 heteroatoms. The first kappa shape index (κ1) is 19.4. The molecule has 0 spiro atoms. The Hall–Kier alpha value is -3.57. The molecule has 5 rings (SSSR count). The summed E-state index contributed by atoms with van der Waals surface area (Å²) in [6.07, 6.45) is 1.63. The summed E-state index contributed by atoms with van der Waals surface area (Å²) in [5.74, 6) is 0.784. The molecule has 0 aliphatic rings. The molecule has 0 atom stereocenters. The van der Waals surface area contributed by atoms with E-state index in [1.54, 1.807) is 18.0 Å². The molecule has 0 bridgehead atoms.